The fraction of sp³-hybridized carbons (Fsp3) is 1.00. The Bertz CT molecular complexity index is 172. The molecule has 1 heterocycles. The molecule has 3 unspecified atom stereocenters. The fourth-order valence-corrected chi connectivity index (χ4v) is 2.02. The number of hydrogen-bond acceptors (Lipinski definition) is 3. The van der Waals surface area contributed by atoms with Gasteiger partial charge in [-0.2, -0.15) is 0 Å². The molecule has 0 bridgehead atoms. The molecule has 0 N–H and O–H groups in total. The van der Waals surface area contributed by atoms with Crippen molar-refractivity contribution >= 4 is 0 Å². The molecule has 0 spiro atoms. The number of nitrogens with zero attached hydrogens (tertiary/aromatic N) is 1. The average molecular weight is 261 g/mol. The van der Waals surface area contributed by atoms with Crippen LogP contribution in [0, 0.1) is 0 Å². The third-order valence-corrected chi connectivity index (χ3v) is 2.69. The second-order valence-electron chi connectivity index (χ2n) is 4.56. The van der Waals surface area contributed by atoms with Gasteiger partial charge in [0, 0.05) is 6.04 Å². The Morgan fingerprint density at radius 1 is 1.06 bits per heavy atom. The summed E-state index contributed by atoms with van der Waals surface area (Å²) in [5.41, 5.74) is 0. The van der Waals surface area contributed by atoms with E-state index in [1.807, 2.05) is 41.5 Å². The van der Waals surface area contributed by atoms with Crippen molar-refractivity contribution < 1.29 is 9.47 Å². The maximum absolute atomic E-state index is 5.81. The van der Waals surface area contributed by atoms with Crippen LogP contribution >= 0.6 is 0 Å². The maximum atomic E-state index is 5.81. The lowest BCUT2D eigenvalue weighted by molar-refractivity contribution is -0.219. The van der Waals surface area contributed by atoms with Gasteiger partial charge in [0.2, 0.25) is 0 Å². The number of likely N-dealkylation sites (N-methyl/N-ethyl adjacent to an activating group) is 1. The number of rotatable bonds is 3. The molecule has 3 atom stereocenters. The summed E-state index contributed by atoms with van der Waals surface area (Å²) in [6.45, 7) is 14.2. The Hall–Kier alpha value is -0.120. The highest BCUT2D eigenvalue weighted by Crippen LogP contribution is 2.23. The SMILES string of the molecule is CC.CC.CC(C)OC1CCC(N(C)C)C(C)O1. The minimum Gasteiger partial charge on any atom is -0.350 e. The highest BCUT2D eigenvalue weighted by Gasteiger charge is 2.30. The van der Waals surface area contributed by atoms with Crippen molar-refractivity contribution in [2.45, 2.75) is 85.8 Å². The van der Waals surface area contributed by atoms with E-state index >= 15 is 0 Å². The predicted molar refractivity (Wildman–Crippen MR) is 80.0 cm³/mol. The molecule has 1 aliphatic rings. The van der Waals surface area contributed by atoms with Gasteiger partial charge in [0.25, 0.3) is 0 Å². The average Bonchev–Trinajstić information content (AvgIpc) is 2.33. The molecule has 1 aliphatic heterocycles. The molecule has 0 aromatic carbocycles. The lowest BCUT2D eigenvalue weighted by Gasteiger charge is -2.38. The van der Waals surface area contributed by atoms with Crippen molar-refractivity contribution in [2.75, 3.05) is 14.1 Å². The topological polar surface area (TPSA) is 21.7 Å². The van der Waals surface area contributed by atoms with Crippen molar-refractivity contribution in [2.24, 2.45) is 0 Å². The van der Waals surface area contributed by atoms with Gasteiger partial charge in [-0.25, -0.2) is 0 Å². The highest BCUT2D eigenvalue weighted by molar-refractivity contribution is 4.78. The molecule has 1 saturated heterocycles. The first-order valence-corrected chi connectivity index (χ1v) is 7.48. The summed E-state index contributed by atoms with van der Waals surface area (Å²) in [7, 11) is 4.21. The van der Waals surface area contributed by atoms with E-state index in [-0.39, 0.29) is 18.5 Å². The Morgan fingerprint density at radius 2 is 1.56 bits per heavy atom. The molecule has 3 nitrogen and oxygen atoms in total. The highest BCUT2D eigenvalue weighted by atomic mass is 16.7. The van der Waals surface area contributed by atoms with E-state index in [4.69, 9.17) is 9.47 Å². The summed E-state index contributed by atoms with van der Waals surface area (Å²) in [5.74, 6) is 0. The van der Waals surface area contributed by atoms with Gasteiger partial charge in [-0.1, -0.05) is 27.7 Å². The van der Waals surface area contributed by atoms with Crippen LogP contribution in [-0.2, 0) is 9.47 Å². The molecule has 1 fully saturated rings. The van der Waals surface area contributed by atoms with Gasteiger partial charge in [-0.05, 0) is 47.7 Å². The third kappa shape index (κ3) is 8.06. The Balaban J connectivity index is 0. The third-order valence-electron chi connectivity index (χ3n) is 2.69. The summed E-state index contributed by atoms with van der Waals surface area (Å²) in [6.07, 6.45) is 2.68. The normalized spacial score (nSPS) is 27.2. The summed E-state index contributed by atoms with van der Waals surface area (Å²) in [5, 5.41) is 0. The Labute approximate surface area is 115 Å². The zero-order valence-corrected chi connectivity index (χ0v) is 14.0. The summed E-state index contributed by atoms with van der Waals surface area (Å²) in [6, 6.07) is 0.530. The van der Waals surface area contributed by atoms with E-state index in [2.05, 4.69) is 25.9 Å². The quantitative estimate of drug-likeness (QED) is 0.768. The molecule has 0 aliphatic carbocycles. The largest absolute Gasteiger partial charge is 0.350 e. The first kappa shape index (κ1) is 20.2. The van der Waals surface area contributed by atoms with E-state index in [9.17, 15) is 0 Å². The molecule has 0 amide bonds. The Morgan fingerprint density at radius 3 is 1.89 bits per heavy atom. The molecule has 0 aromatic heterocycles. The fourth-order valence-electron chi connectivity index (χ4n) is 2.02. The second kappa shape index (κ2) is 11.9. The van der Waals surface area contributed by atoms with E-state index in [0.29, 0.717) is 6.04 Å². The van der Waals surface area contributed by atoms with Gasteiger partial charge in [-0.15, -0.1) is 0 Å². The predicted octanol–water partition coefficient (Wildman–Crippen LogP) is 3.92. The van der Waals surface area contributed by atoms with Crippen LogP contribution in [-0.4, -0.2) is 43.5 Å². The van der Waals surface area contributed by atoms with Crippen LogP contribution in [0.5, 0.6) is 0 Å². The smallest absolute Gasteiger partial charge is 0.158 e. The molecule has 0 saturated carbocycles. The molecule has 18 heavy (non-hydrogen) atoms. The van der Waals surface area contributed by atoms with Gasteiger partial charge < -0.3 is 14.4 Å². The summed E-state index contributed by atoms with van der Waals surface area (Å²) < 4.78 is 11.5. The molecule has 3 heteroatoms. The minimum absolute atomic E-state index is 0.00111. The van der Waals surface area contributed by atoms with Gasteiger partial charge in [0.1, 0.15) is 0 Å². The van der Waals surface area contributed by atoms with Crippen LogP contribution in [0.15, 0.2) is 0 Å². The standard InChI is InChI=1S/C11H23NO2.2C2H6/c1-8(2)13-11-7-6-10(12(4)5)9(3)14-11;2*1-2/h8-11H,6-7H2,1-5H3;2*1-2H3. The van der Waals surface area contributed by atoms with Crippen molar-refractivity contribution in [3.05, 3.63) is 0 Å². The minimum atomic E-state index is 0.00111. The first-order valence-electron chi connectivity index (χ1n) is 7.48. The Kier molecular flexibility index (Phi) is 13.4. The lowest BCUT2D eigenvalue weighted by Crippen LogP contribution is -2.46. The van der Waals surface area contributed by atoms with Crippen molar-refractivity contribution in [3.8, 4) is 0 Å². The van der Waals surface area contributed by atoms with E-state index in [0.717, 1.165) is 12.8 Å². The van der Waals surface area contributed by atoms with Crippen molar-refractivity contribution in [1.82, 2.24) is 4.90 Å². The lowest BCUT2D eigenvalue weighted by atomic mass is 10.0. The molecule has 0 aromatic rings. The molecule has 112 valence electrons. The van der Waals surface area contributed by atoms with Gasteiger partial charge in [0.15, 0.2) is 6.29 Å². The number of ether oxygens (including phenoxy) is 2. The van der Waals surface area contributed by atoms with Gasteiger partial charge in [-0.3, -0.25) is 0 Å². The van der Waals surface area contributed by atoms with Gasteiger partial charge >= 0.3 is 0 Å². The van der Waals surface area contributed by atoms with Crippen molar-refractivity contribution in [3.63, 3.8) is 0 Å². The monoisotopic (exact) mass is 261 g/mol. The zero-order chi connectivity index (χ0) is 14.7. The first-order chi connectivity index (χ1) is 8.50. The number of hydrogen-bond donors (Lipinski definition) is 0. The van der Waals surface area contributed by atoms with E-state index in [1.165, 1.54) is 0 Å². The van der Waals surface area contributed by atoms with Crippen molar-refractivity contribution in [1.29, 1.82) is 0 Å². The van der Waals surface area contributed by atoms with E-state index in [1.54, 1.807) is 0 Å². The van der Waals surface area contributed by atoms with Gasteiger partial charge in [0.05, 0.1) is 12.2 Å². The van der Waals surface area contributed by atoms with Crippen LogP contribution in [0.4, 0.5) is 0 Å². The van der Waals surface area contributed by atoms with Crippen LogP contribution in [0.1, 0.15) is 61.3 Å². The maximum Gasteiger partial charge on any atom is 0.158 e. The van der Waals surface area contributed by atoms with E-state index < -0.39 is 0 Å². The van der Waals surface area contributed by atoms with Crippen LogP contribution < -0.4 is 0 Å². The zero-order valence-electron chi connectivity index (χ0n) is 14.0. The molecular weight excluding hydrogens is 226 g/mol. The summed E-state index contributed by atoms with van der Waals surface area (Å²) in [4.78, 5) is 2.23. The summed E-state index contributed by atoms with van der Waals surface area (Å²) >= 11 is 0. The van der Waals surface area contributed by atoms with Crippen LogP contribution in [0.25, 0.3) is 0 Å². The van der Waals surface area contributed by atoms with Crippen LogP contribution in [0.2, 0.25) is 0 Å². The molecule has 1 rings (SSSR count). The molecular formula is C15H35NO2. The van der Waals surface area contributed by atoms with Crippen LogP contribution in [0.3, 0.4) is 0 Å². The molecule has 0 radical (unpaired) electrons. The second-order valence-corrected chi connectivity index (χ2v) is 4.56.